The van der Waals surface area contributed by atoms with Crippen LogP contribution in [-0.4, -0.2) is 0 Å². The zero-order valence-corrected chi connectivity index (χ0v) is 9.66. The van der Waals surface area contributed by atoms with Crippen LogP contribution in [0.5, 0.6) is 0 Å². The summed E-state index contributed by atoms with van der Waals surface area (Å²) >= 11 is 6.96. The van der Waals surface area contributed by atoms with E-state index in [1.165, 1.54) is 11.3 Å². The van der Waals surface area contributed by atoms with Crippen molar-refractivity contribution in [1.82, 2.24) is 0 Å². The molecule has 0 fully saturated rings. The third-order valence-corrected chi connectivity index (χ3v) is 3.18. The molecule has 84 valence electrons. The van der Waals surface area contributed by atoms with Crippen LogP contribution in [0.25, 0.3) is 0 Å². The molecule has 0 aliphatic heterocycles. The molecule has 1 aromatic carbocycles. The normalized spacial score (nSPS) is 12.8. The first-order chi connectivity index (χ1) is 7.59. The molecule has 1 aromatic heterocycles. The second kappa shape index (κ2) is 4.49. The van der Waals surface area contributed by atoms with Gasteiger partial charge in [0.2, 0.25) is 0 Å². The lowest BCUT2D eigenvalue weighted by Crippen LogP contribution is -2.14. The Hall–Kier alpha value is -0.970. The van der Waals surface area contributed by atoms with E-state index < -0.39 is 17.7 Å². The summed E-state index contributed by atoms with van der Waals surface area (Å²) in [5.74, 6) is -1.44. The van der Waals surface area contributed by atoms with E-state index in [9.17, 15) is 8.78 Å². The van der Waals surface area contributed by atoms with Crippen LogP contribution in [0.4, 0.5) is 8.78 Å². The van der Waals surface area contributed by atoms with E-state index >= 15 is 0 Å². The largest absolute Gasteiger partial charge is 0.320 e. The highest BCUT2D eigenvalue weighted by atomic mass is 35.5. The molecule has 2 aromatic rings. The van der Waals surface area contributed by atoms with Crippen molar-refractivity contribution >= 4 is 22.9 Å². The van der Waals surface area contributed by atoms with Crippen LogP contribution < -0.4 is 5.73 Å². The predicted octanol–water partition coefficient (Wildman–Crippen LogP) is 3.73. The summed E-state index contributed by atoms with van der Waals surface area (Å²) in [5.41, 5.74) is 6.33. The number of benzene rings is 1. The zero-order chi connectivity index (χ0) is 11.7. The molecule has 2 N–H and O–H groups in total. The maximum absolute atomic E-state index is 13.6. The highest BCUT2D eigenvalue weighted by molar-refractivity contribution is 7.08. The molecule has 16 heavy (non-hydrogen) atoms. The Morgan fingerprint density at radius 1 is 1.25 bits per heavy atom. The summed E-state index contributed by atoms with van der Waals surface area (Å²) in [6.45, 7) is 0. The van der Waals surface area contributed by atoms with E-state index in [0.29, 0.717) is 5.56 Å². The molecule has 0 bridgehead atoms. The van der Waals surface area contributed by atoms with Crippen molar-refractivity contribution in [3.8, 4) is 0 Å². The molecule has 1 heterocycles. The van der Waals surface area contributed by atoms with Gasteiger partial charge in [-0.1, -0.05) is 11.6 Å². The van der Waals surface area contributed by atoms with Gasteiger partial charge in [0, 0.05) is 10.6 Å². The van der Waals surface area contributed by atoms with Gasteiger partial charge in [-0.3, -0.25) is 0 Å². The Kier molecular flexibility index (Phi) is 3.23. The lowest BCUT2D eigenvalue weighted by molar-refractivity contribution is 0.544. The van der Waals surface area contributed by atoms with Gasteiger partial charge in [-0.05, 0) is 34.5 Å². The molecule has 5 heteroatoms. The summed E-state index contributed by atoms with van der Waals surface area (Å²) in [5, 5.41) is 3.59. The Balaban J connectivity index is 2.48. The first-order valence-corrected chi connectivity index (χ1v) is 5.84. The minimum atomic E-state index is -0.802. The minimum absolute atomic E-state index is 0.0243. The Morgan fingerprint density at radius 2 is 1.88 bits per heavy atom. The molecule has 0 spiro atoms. The molecular formula is C11H8ClF2NS. The topological polar surface area (TPSA) is 26.0 Å². The average molecular weight is 260 g/mol. The van der Waals surface area contributed by atoms with Crippen LogP contribution in [0, 0.1) is 11.6 Å². The summed E-state index contributed by atoms with van der Waals surface area (Å²) in [6, 6.07) is 3.06. The predicted molar refractivity (Wildman–Crippen MR) is 61.7 cm³/mol. The second-order valence-corrected chi connectivity index (χ2v) is 4.53. The van der Waals surface area contributed by atoms with E-state index in [1.807, 2.05) is 0 Å². The Labute approximate surface area is 100 Å². The second-order valence-electron chi connectivity index (χ2n) is 3.32. The van der Waals surface area contributed by atoms with Crippen molar-refractivity contribution < 1.29 is 8.78 Å². The third kappa shape index (κ3) is 2.09. The smallest absolute Gasteiger partial charge is 0.132 e. The van der Waals surface area contributed by atoms with E-state index in [0.717, 1.165) is 12.1 Å². The Bertz CT molecular complexity index is 476. The van der Waals surface area contributed by atoms with Crippen molar-refractivity contribution in [3.05, 3.63) is 56.7 Å². The molecule has 0 radical (unpaired) electrons. The molecule has 0 unspecified atom stereocenters. The van der Waals surface area contributed by atoms with Crippen molar-refractivity contribution in [2.24, 2.45) is 5.73 Å². The van der Waals surface area contributed by atoms with Gasteiger partial charge >= 0.3 is 0 Å². The van der Waals surface area contributed by atoms with Crippen LogP contribution in [-0.2, 0) is 0 Å². The van der Waals surface area contributed by atoms with Gasteiger partial charge in [0.15, 0.2) is 0 Å². The van der Waals surface area contributed by atoms with Gasteiger partial charge in [0.05, 0.1) is 6.04 Å². The Morgan fingerprint density at radius 3 is 2.38 bits per heavy atom. The first kappa shape index (κ1) is 11.5. The van der Waals surface area contributed by atoms with Crippen LogP contribution in [0.2, 0.25) is 5.02 Å². The van der Waals surface area contributed by atoms with Crippen LogP contribution >= 0.6 is 22.9 Å². The van der Waals surface area contributed by atoms with Crippen LogP contribution in [0.3, 0.4) is 0 Å². The fourth-order valence-corrected chi connectivity index (χ4v) is 2.36. The van der Waals surface area contributed by atoms with Crippen molar-refractivity contribution in [3.63, 3.8) is 0 Å². The highest BCUT2D eigenvalue weighted by Crippen LogP contribution is 2.28. The molecule has 0 saturated carbocycles. The molecule has 0 aliphatic rings. The van der Waals surface area contributed by atoms with E-state index in [2.05, 4.69) is 0 Å². The number of hydrogen-bond donors (Lipinski definition) is 1. The van der Waals surface area contributed by atoms with Crippen LogP contribution in [0.15, 0.2) is 29.0 Å². The molecule has 1 atom stereocenters. The molecule has 1 nitrogen and oxygen atoms in total. The highest BCUT2D eigenvalue weighted by Gasteiger charge is 2.19. The monoisotopic (exact) mass is 259 g/mol. The quantitative estimate of drug-likeness (QED) is 0.874. The maximum Gasteiger partial charge on any atom is 0.132 e. The van der Waals surface area contributed by atoms with Gasteiger partial charge in [0.25, 0.3) is 0 Å². The summed E-state index contributed by atoms with van der Waals surface area (Å²) in [7, 11) is 0. The SMILES string of the molecule is N[C@H](c1ccsc1)c1c(F)cc(Cl)cc1F. The summed E-state index contributed by atoms with van der Waals surface area (Å²) in [6.07, 6.45) is 0. The number of halogens is 3. The standard InChI is InChI=1S/C11H8ClF2NS/c12-7-3-8(13)10(9(14)4-7)11(15)6-1-2-16-5-6/h1-5,11H,15H2/t11-/m1/s1. The zero-order valence-electron chi connectivity index (χ0n) is 8.08. The first-order valence-electron chi connectivity index (χ1n) is 4.51. The average Bonchev–Trinajstić information content (AvgIpc) is 2.67. The van der Waals surface area contributed by atoms with Gasteiger partial charge < -0.3 is 5.73 Å². The molecule has 0 amide bonds. The minimum Gasteiger partial charge on any atom is -0.320 e. The van der Waals surface area contributed by atoms with Crippen molar-refractivity contribution in [2.75, 3.05) is 0 Å². The fraction of sp³-hybridized carbons (Fsp3) is 0.0909. The van der Waals surface area contributed by atoms with Gasteiger partial charge in [-0.25, -0.2) is 8.78 Å². The molecule has 0 saturated heterocycles. The maximum atomic E-state index is 13.6. The van der Waals surface area contributed by atoms with Gasteiger partial charge in [-0.15, -0.1) is 0 Å². The molecule has 0 aliphatic carbocycles. The fourth-order valence-electron chi connectivity index (χ4n) is 1.47. The lowest BCUT2D eigenvalue weighted by atomic mass is 10.0. The number of nitrogens with two attached hydrogens (primary N) is 1. The number of rotatable bonds is 2. The lowest BCUT2D eigenvalue weighted by Gasteiger charge is -2.12. The van der Waals surface area contributed by atoms with Gasteiger partial charge in [0.1, 0.15) is 11.6 Å². The summed E-state index contributed by atoms with van der Waals surface area (Å²) < 4.78 is 27.1. The third-order valence-electron chi connectivity index (χ3n) is 2.26. The van der Waals surface area contributed by atoms with Crippen molar-refractivity contribution in [2.45, 2.75) is 6.04 Å². The van der Waals surface area contributed by atoms with E-state index in [1.54, 1.807) is 16.8 Å². The van der Waals surface area contributed by atoms with Crippen molar-refractivity contribution in [1.29, 1.82) is 0 Å². The molecular weight excluding hydrogens is 252 g/mol. The van der Waals surface area contributed by atoms with E-state index in [-0.39, 0.29) is 10.6 Å². The number of hydrogen-bond acceptors (Lipinski definition) is 2. The molecule has 2 rings (SSSR count). The number of thiophene rings is 1. The van der Waals surface area contributed by atoms with E-state index in [4.69, 9.17) is 17.3 Å². The van der Waals surface area contributed by atoms with Gasteiger partial charge in [-0.2, -0.15) is 11.3 Å². The van der Waals surface area contributed by atoms with Crippen LogP contribution in [0.1, 0.15) is 17.2 Å². The summed E-state index contributed by atoms with van der Waals surface area (Å²) in [4.78, 5) is 0.